The molecule has 18 heavy (non-hydrogen) atoms. The molecular weight excluding hydrogens is 260 g/mol. The first-order valence-corrected chi connectivity index (χ1v) is 6.49. The van der Waals surface area contributed by atoms with E-state index in [2.05, 4.69) is 17.0 Å². The van der Waals surface area contributed by atoms with Crippen LogP contribution in [0.25, 0.3) is 0 Å². The number of hydrogen-bond donors (Lipinski definition) is 1. The van der Waals surface area contributed by atoms with Crippen LogP contribution in [-0.2, 0) is 0 Å². The molecule has 5 heteroatoms. The molecule has 1 aliphatic rings. The molecule has 0 radical (unpaired) electrons. The zero-order valence-electron chi connectivity index (χ0n) is 10.1. The molecule has 1 unspecified atom stereocenters. The smallest absolute Gasteiger partial charge is 0.387 e. The second-order valence-electron chi connectivity index (χ2n) is 4.52. The summed E-state index contributed by atoms with van der Waals surface area (Å²) in [5.41, 5.74) is 0.848. The molecule has 0 bridgehead atoms. The van der Waals surface area contributed by atoms with Crippen molar-refractivity contribution in [2.75, 3.05) is 5.32 Å². The van der Waals surface area contributed by atoms with Gasteiger partial charge in [0.1, 0.15) is 5.75 Å². The summed E-state index contributed by atoms with van der Waals surface area (Å²) in [5, 5.41) is 3.58. The van der Waals surface area contributed by atoms with Crippen LogP contribution in [0.1, 0.15) is 26.2 Å². The molecular formula is C13H16ClF2NO. The van der Waals surface area contributed by atoms with Crippen LogP contribution in [0.2, 0.25) is 5.02 Å². The van der Waals surface area contributed by atoms with Gasteiger partial charge in [0.15, 0.2) is 0 Å². The Morgan fingerprint density at radius 3 is 2.67 bits per heavy atom. The largest absolute Gasteiger partial charge is 0.433 e. The molecule has 0 saturated heterocycles. The molecule has 1 fully saturated rings. The first-order chi connectivity index (χ1) is 8.60. The Morgan fingerprint density at radius 1 is 1.44 bits per heavy atom. The van der Waals surface area contributed by atoms with Crippen molar-refractivity contribution in [1.82, 2.24) is 0 Å². The first kappa shape index (κ1) is 13.4. The average molecular weight is 276 g/mol. The molecule has 0 aromatic heterocycles. The van der Waals surface area contributed by atoms with E-state index in [9.17, 15) is 8.78 Å². The number of hydrogen-bond acceptors (Lipinski definition) is 2. The third-order valence-electron chi connectivity index (χ3n) is 3.13. The molecule has 0 aliphatic heterocycles. The van der Waals surface area contributed by atoms with Gasteiger partial charge in [-0.2, -0.15) is 8.78 Å². The Labute approximate surface area is 110 Å². The Hall–Kier alpha value is -1.03. The van der Waals surface area contributed by atoms with Gasteiger partial charge in [0.2, 0.25) is 0 Å². The monoisotopic (exact) mass is 275 g/mol. The standard InChI is InChI=1S/C13H16ClF2NO/c1-2-11(8-3-4-8)17-9-5-6-12(10(14)7-9)18-13(15)16/h5-8,11,13,17H,2-4H2,1H3. The van der Waals surface area contributed by atoms with Crippen LogP contribution >= 0.6 is 11.6 Å². The van der Waals surface area contributed by atoms with Gasteiger partial charge in [-0.05, 0) is 43.4 Å². The van der Waals surface area contributed by atoms with Crippen LogP contribution in [0.5, 0.6) is 5.75 Å². The number of halogens is 3. The minimum absolute atomic E-state index is 0.0108. The second kappa shape index (κ2) is 5.74. The van der Waals surface area contributed by atoms with Gasteiger partial charge in [0, 0.05) is 11.7 Å². The van der Waals surface area contributed by atoms with E-state index in [0.717, 1.165) is 18.0 Å². The summed E-state index contributed by atoms with van der Waals surface area (Å²) in [4.78, 5) is 0. The van der Waals surface area contributed by atoms with E-state index >= 15 is 0 Å². The second-order valence-corrected chi connectivity index (χ2v) is 4.93. The van der Waals surface area contributed by atoms with Crippen molar-refractivity contribution in [3.05, 3.63) is 23.2 Å². The summed E-state index contributed by atoms with van der Waals surface area (Å²) in [6.07, 6.45) is 3.55. The minimum Gasteiger partial charge on any atom is -0.433 e. The summed E-state index contributed by atoms with van der Waals surface area (Å²) in [7, 11) is 0. The third kappa shape index (κ3) is 3.48. The number of benzene rings is 1. The van der Waals surface area contributed by atoms with E-state index in [1.54, 1.807) is 12.1 Å². The fourth-order valence-electron chi connectivity index (χ4n) is 2.05. The molecule has 2 rings (SSSR count). The summed E-state index contributed by atoms with van der Waals surface area (Å²) in [6, 6.07) is 5.25. The lowest BCUT2D eigenvalue weighted by molar-refractivity contribution is -0.0497. The zero-order chi connectivity index (χ0) is 13.1. The molecule has 0 heterocycles. The molecule has 2 nitrogen and oxygen atoms in total. The molecule has 0 spiro atoms. The summed E-state index contributed by atoms with van der Waals surface area (Å²) in [6.45, 7) is -0.720. The highest BCUT2D eigenvalue weighted by atomic mass is 35.5. The Balaban J connectivity index is 2.03. The predicted octanol–water partition coefficient (Wildman–Crippen LogP) is 4.54. The first-order valence-electron chi connectivity index (χ1n) is 6.11. The normalized spacial score (nSPS) is 16.7. The van der Waals surface area contributed by atoms with Crippen LogP contribution in [0.4, 0.5) is 14.5 Å². The van der Waals surface area contributed by atoms with Gasteiger partial charge < -0.3 is 10.1 Å². The maximum atomic E-state index is 12.1. The van der Waals surface area contributed by atoms with Crippen LogP contribution in [-0.4, -0.2) is 12.7 Å². The van der Waals surface area contributed by atoms with Crippen molar-refractivity contribution >= 4 is 17.3 Å². The number of alkyl halides is 2. The Bertz CT molecular complexity index is 410. The summed E-state index contributed by atoms with van der Waals surface area (Å²) >= 11 is 5.90. The van der Waals surface area contributed by atoms with Crippen LogP contribution in [0, 0.1) is 5.92 Å². The average Bonchev–Trinajstić information content (AvgIpc) is 3.13. The fourth-order valence-corrected chi connectivity index (χ4v) is 2.27. The van der Waals surface area contributed by atoms with Gasteiger partial charge in [-0.3, -0.25) is 0 Å². The molecule has 1 saturated carbocycles. The van der Waals surface area contributed by atoms with Crippen molar-refractivity contribution in [3.63, 3.8) is 0 Å². The van der Waals surface area contributed by atoms with Gasteiger partial charge in [0.25, 0.3) is 0 Å². The number of nitrogens with one attached hydrogen (secondary N) is 1. The summed E-state index contributed by atoms with van der Waals surface area (Å²) in [5.74, 6) is 0.738. The van der Waals surface area contributed by atoms with E-state index in [-0.39, 0.29) is 10.8 Å². The van der Waals surface area contributed by atoms with E-state index in [4.69, 9.17) is 11.6 Å². The molecule has 1 N–H and O–H groups in total. The quantitative estimate of drug-likeness (QED) is 0.823. The molecule has 1 aromatic rings. The van der Waals surface area contributed by atoms with Crippen molar-refractivity contribution < 1.29 is 13.5 Å². The van der Waals surface area contributed by atoms with Crippen LogP contribution < -0.4 is 10.1 Å². The van der Waals surface area contributed by atoms with E-state index < -0.39 is 6.61 Å². The van der Waals surface area contributed by atoms with E-state index in [1.807, 2.05) is 0 Å². The van der Waals surface area contributed by atoms with Gasteiger partial charge >= 0.3 is 6.61 Å². The number of rotatable bonds is 6. The lowest BCUT2D eigenvalue weighted by Gasteiger charge is -2.18. The van der Waals surface area contributed by atoms with E-state index in [0.29, 0.717) is 6.04 Å². The topological polar surface area (TPSA) is 21.3 Å². The van der Waals surface area contributed by atoms with Crippen molar-refractivity contribution in [3.8, 4) is 5.75 Å². The zero-order valence-corrected chi connectivity index (χ0v) is 10.9. The molecule has 0 amide bonds. The van der Waals surface area contributed by atoms with Crippen molar-refractivity contribution in [2.24, 2.45) is 5.92 Å². The van der Waals surface area contributed by atoms with Crippen molar-refractivity contribution in [2.45, 2.75) is 38.8 Å². The van der Waals surface area contributed by atoms with Crippen molar-refractivity contribution in [1.29, 1.82) is 0 Å². The van der Waals surface area contributed by atoms with E-state index in [1.165, 1.54) is 18.9 Å². The maximum Gasteiger partial charge on any atom is 0.387 e. The minimum atomic E-state index is -2.85. The van der Waals surface area contributed by atoms with Gasteiger partial charge in [0.05, 0.1) is 5.02 Å². The number of ether oxygens (including phenoxy) is 1. The Morgan fingerprint density at radius 2 is 2.17 bits per heavy atom. The molecule has 1 atom stereocenters. The number of anilines is 1. The van der Waals surface area contributed by atoms with Gasteiger partial charge in [-0.1, -0.05) is 18.5 Å². The summed E-state index contributed by atoms with van der Waals surface area (Å²) < 4.78 is 28.5. The van der Waals surface area contributed by atoms with Gasteiger partial charge in [-0.25, -0.2) is 0 Å². The SMILES string of the molecule is CCC(Nc1ccc(OC(F)F)c(Cl)c1)C1CC1. The molecule has 100 valence electrons. The highest BCUT2D eigenvalue weighted by Crippen LogP contribution is 2.36. The highest BCUT2D eigenvalue weighted by Gasteiger charge is 2.29. The van der Waals surface area contributed by atoms with Crippen LogP contribution in [0.3, 0.4) is 0 Å². The maximum absolute atomic E-state index is 12.1. The molecule has 1 aliphatic carbocycles. The Kier molecular flexibility index (Phi) is 4.27. The lowest BCUT2D eigenvalue weighted by atomic mass is 10.1. The fraction of sp³-hybridized carbons (Fsp3) is 0.538. The van der Waals surface area contributed by atoms with Gasteiger partial charge in [-0.15, -0.1) is 0 Å². The lowest BCUT2D eigenvalue weighted by Crippen LogP contribution is -2.20. The molecule has 1 aromatic carbocycles. The highest BCUT2D eigenvalue weighted by molar-refractivity contribution is 6.32. The van der Waals surface area contributed by atoms with Crippen LogP contribution in [0.15, 0.2) is 18.2 Å². The third-order valence-corrected chi connectivity index (χ3v) is 3.43. The predicted molar refractivity (Wildman–Crippen MR) is 68.5 cm³/mol.